The lowest BCUT2D eigenvalue weighted by Gasteiger charge is -2.17. The Labute approximate surface area is 188 Å². The summed E-state index contributed by atoms with van der Waals surface area (Å²) in [5.74, 6) is -0.211. The molecule has 0 fully saturated rings. The molecule has 6 heteroatoms. The number of anilines is 2. The minimum absolute atomic E-state index is 0.284. The second-order valence-corrected chi connectivity index (χ2v) is 7.14. The van der Waals surface area contributed by atoms with Crippen molar-refractivity contribution in [3.63, 3.8) is 0 Å². The molecule has 3 aromatic rings. The van der Waals surface area contributed by atoms with Gasteiger partial charge in [0, 0.05) is 11.4 Å². The van der Waals surface area contributed by atoms with Gasteiger partial charge in [-0.15, -0.1) is 0 Å². The average molecular weight is 433 g/mol. The predicted molar refractivity (Wildman–Crippen MR) is 126 cm³/mol. The Bertz CT molecular complexity index is 939. The Morgan fingerprint density at radius 2 is 1.12 bits per heavy atom. The quantitative estimate of drug-likeness (QED) is 0.446. The van der Waals surface area contributed by atoms with Crippen LogP contribution < -0.4 is 20.1 Å². The van der Waals surface area contributed by atoms with E-state index in [4.69, 9.17) is 9.47 Å². The van der Waals surface area contributed by atoms with E-state index in [9.17, 15) is 9.59 Å². The monoisotopic (exact) mass is 432 g/mol. The summed E-state index contributed by atoms with van der Waals surface area (Å²) in [7, 11) is 0. The number of amides is 2. The predicted octanol–water partition coefficient (Wildman–Crippen LogP) is 4.92. The van der Waals surface area contributed by atoms with Gasteiger partial charge in [-0.25, -0.2) is 0 Å². The first kappa shape index (κ1) is 22.9. The fraction of sp³-hybridized carbons (Fsp3) is 0.231. The van der Waals surface area contributed by atoms with Crippen LogP contribution in [-0.2, 0) is 16.0 Å². The number of rotatable bonds is 10. The Hall–Kier alpha value is -3.80. The zero-order chi connectivity index (χ0) is 22.8. The van der Waals surface area contributed by atoms with Crippen LogP contribution in [-0.4, -0.2) is 25.0 Å². The largest absolute Gasteiger partial charge is 0.494 e. The highest BCUT2D eigenvalue weighted by Crippen LogP contribution is 2.20. The number of carbonyl (C=O) groups is 2. The van der Waals surface area contributed by atoms with Crippen molar-refractivity contribution in [2.75, 3.05) is 23.8 Å². The molecule has 0 saturated carbocycles. The maximum Gasteiger partial charge on any atom is 0.237 e. The molecule has 0 aromatic heterocycles. The summed E-state index contributed by atoms with van der Waals surface area (Å²) in [4.78, 5) is 26.2. The van der Waals surface area contributed by atoms with Crippen LogP contribution in [0.3, 0.4) is 0 Å². The fourth-order valence-electron chi connectivity index (χ4n) is 3.22. The van der Waals surface area contributed by atoms with Crippen LogP contribution in [0.1, 0.15) is 19.4 Å². The summed E-state index contributed by atoms with van der Waals surface area (Å²) in [5, 5.41) is 5.70. The van der Waals surface area contributed by atoms with Gasteiger partial charge in [-0.1, -0.05) is 30.3 Å². The maximum atomic E-state index is 13.1. The van der Waals surface area contributed by atoms with Crippen LogP contribution in [0.4, 0.5) is 11.4 Å². The summed E-state index contributed by atoms with van der Waals surface area (Å²) in [6, 6.07) is 23.6. The standard InChI is InChI=1S/C26H28N2O4/c1-3-31-22-14-10-20(11-15-22)27-25(29)24(18-19-8-6-5-7-9-19)26(30)28-21-12-16-23(17-13-21)32-4-2/h5-17,24H,3-4,18H2,1-2H3,(H,27,29)(H,28,30). The molecule has 6 nitrogen and oxygen atoms in total. The van der Waals surface area contributed by atoms with Gasteiger partial charge in [0.25, 0.3) is 0 Å². The van der Waals surface area contributed by atoms with E-state index in [0.29, 0.717) is 24.6 Å². The van der Waals surface area contributed by atoms with E-state index >= 15 is 0 Å². The molecule has 0 unspecified atom stereocenters. The van der Waals surface area contributed by atoms with Crippen molar-refractivity contribution in [1.82, 2.24) is 0 Å². The van der Waals surface area contributed by atoms with E-state index in [2.05, 4.69) is 10.6 Å². The molecule has 0 heterocycles. The molecular formula is C26H28N2O4. The third kappa shape index (κ3) is 6.60. The minimum atomic E-state index is -0.907. The molecule has 3 aromatic carbocycles. The molecule has 2 N–H and O–H groups in total. The molecule has 0 saturated heterocycles. The first-order chi connectivity index (χ1) is 15.6. The third-order valence-corrected chi connectivity index (χ3v) is 4.78. The van der Waals surface area contributed by atoms with Gasteiger partial charge in [-0.05, 0) is 74.4 Å². The zero-order valence-electron chi connectivity index (χ0n) is 18.3. The van der Waals surface area contributed by atoms with Gasteiger partial charge in [-0.2, -0.15) is 0 Å². The molecule has 0 aliphatic heterocycles. The number of hydrogen-bond acceptors (Lipinski definition) is 4. The number of nitrogens with one attached hydrogen (secondary N) is 2. The summed E-state index contributed by atoms with van der Waals surface area (Å²) in [5.41, 5.74) is 2.11. The van der Waals surface area contributed by atoms with E-state index in [1.54, 1.807) is 48.5 Å². The topological polar surface area (TPSA) is 76.7 Å². The number of benzene rings is 3. The molecule has 3 rings (SSSR count). The Morgan fingerprint density at radius 3 is 1.53 bits per heavy atom. The molecule has 32 heavy (non-hydrogen) atoms. The summed E-state index contributed by atoms with van der Waals surface area (Å²) >= 11 is 0. The number of carbonyl (C=O) groups excluding carboxylic acids is 2. The molecule has 0 spiro atoms. The molecule has 166 valence electrons. The summed E-state index contributed by atoms with van der Waals surface area (Å²) in [6.07, 6.45) is 0.284. The van der Waals surface area contributed by atoms with E-state index in [1.807, 2.05) is 44.2 Å². The molecule has 0 aliphatic carbocycles. The molecular weight excluding hydrogens is 404 g/mol. The first-order valence-corrected chi connectivity index (χ1v) is 10.7. The Kier molecular flexibility index (Phi) is 8.26. The van der Waals surface area contributed by atoms with Crippen molar-refractivity contribution < 1.29 is 19.1 Å². The third-order valence-electron chi connectivity index (χ3n) is 4.78. The van der Waals surface area contributed by atoms with Crippen LogP contribution in [0.2, 0.25) is 0 Å². The van der Waals surface area contributed by atoms with Crippen LogP contribution >= 0.6 is 0 Å². The van der Waals surface area contributed by atoms with Gasteiger partial charge in [0.05, 0.1) is 13.2 Å². The zero-order valence-corrected chi connectivity index (χ0v) is 18.3. The first-order valence-electron chi connectivity index (χ1n) is 10.7. The maximum absolute atomic E-state index is 13.1. The average Bonchev–Trinajstić information content (AvgIpc) is 2.81. The molecule has 2 amide bonds. The van der Waals surface area contributed by atoms with Gasteiger partial charge in [0.1, 0.15) is 17.4 Å². The van der Waals surface area contributed by atoms with E-state index < -0.39 is 5.92 Å². The van der Waals surface area contributed by atoms with Crippen molar-refractivity contribution in [3.8, 4) is 11.5 Å². The van der Waals surface area contributed by atoms with Crippen LogP contribution in [0, 0.1) is 5.92 Å². The van der Waals surface area contributed by atoms with Crippen LogP contribution in [0.5, 0.6) is 11.5 Å². The lowest BCUT2D eigenvalue weighted by molar-refractivity contribution is -0.129. The van der Waals surface area contributed by atoms with Crippen molar-refractivity contribution >= 4 is 23.2 Å². The number of hydrogen-bond donors (Lipinski definition) is 2. The van der Waals surface area contributed by atoms with Crippen molar-refractivity contribution in [2.24, 2.45) is 5.92 Å². The highest BCUT2D eigenvalue weighted by atomic mass is 16.5. The lowest BCUT2D eigenvalue weighted by Crippen LogP contribution is -2.35. The molecule has 0 atom stereocenters. The van der Waals surface area contributed by atoms with E-state index in [-0.39, 0.29) is 18.2 Å². The van der Waals surface area contributed by atoms with Crippen molar-refractivity contribution in [3.05, 3.63) is 84.4 Å². The molecule has 0 bridgehead atoms. The van der Waals surface area contributed by atoms with Crippen LogP contribution in [0.15, 0.2) is 78.9 Å². The SMILES string of the molecule is CCOc1ccc(NC(=O)C(Cc2ccccc2)C(=O)Nc2ccc(OCC)cc2)cc1. The van der Waals surface area contributed by atoms with Crippen molar-refractivity contribution in [1.29, 1.82) is 0 Å². The van der Waals surface area contributed by atoms with Gasteiger partial charge in [0.2, 0.25) is 11.8 Å². The van der Waals surface area contributed by atoms with Crippen LogP contribution in [0.25, 0.3) is 0 Å². The van der Waals surface area contributed by atoms with Gasteiger partial charge >= 0.3 is 0 Å². The Balaban J connectivity index is 1.74. The highest BCUT2D eigenvalue weighted by Gasteiger charge is 2.27. The highest BCUT2D eigenvalue weighted by molar-refractivity contribution is 6.11. The van der Waals surface area contributed by atoms with Gasteiger partial charge in [0.15, 0.2) is 0 Å². The van der Waals surface area contributed by atoms with Gasteiger partial charge in [-0.3, -0.25) is 9.59 Å². The Morgan fingerprint density at radius 1 is 0.688 bits per heavy atom. The summed E-state index contributed by atoms with van der Waals surface area (Å²) < 4.78 is 10.9. The normalized spacial score (nSPS) is 10.5. The smallest absolute Gasteiger partial charge is 0.237 e. The van der Waals surface area contributed by atoms with E-state index in [1.165, 1.54) is 0 Å². The summed E-state index contributed by atoms with van der Waals surface area (Å²) in [6.45, 7) is 4.95. The van der Waals surface area contributed by atoms with Crippen molar-refractivity contribution in [2.45, 2.75) is 20.3 Å². The molecule has 0 aliphatic rings. The lowest BCUT2D eigenvalue weighted by atomic mass is 9.97. The minimum Gasteiger partial charge on any atom is -0.494 e. The second-order valence-electron chi connectivity index (χ2n) is 7.14. The second kappa shape index (κ2) is 11.6. The van der Waals surface area contributed by atoms with Gasteiger partial charge < -0.3 is 20.1 Å². The fourth-order valence-corrected chi connectivity index (χ4v) is 3.22. The van der Waals surface area contributed by atoms with E-state index in [0.717, 1.165) is 17.1 Å². The molecule has 0 radical (unpaired) electrons. The number of ether oxygens (including phenoxy) is 2.